The Kier molecular flexibility index (Phi) is 3.37. The van der Waals surface area contributed by atoms with Crippen LogP contribution in [0.15, 0.2) is 55.4 Å². The monoisotopic (exact) mass is 270 g/mol. The predicted octanol–water partition coefficient (Wildman–Crippen LogP) is 1.68. The molecule has 0 aliphatic carbocycles. The van der Waals surface area contributed by atoms with Crippen LogP contribution in [0.1, 0.15) is 6.92 Å². The van der Waals surface area contributed by atoms with E-state index in [1.54, 1.807) is 0 Å². The summed E-state index contributed by atoms with van der Waals surface area (Å²) in [6.45, 7) is 4.69. The normalized spacial score (nSPS) is 11.8. The summed E-state index contributed by atoms with van der Waals surface area (Å²) in [5.41, 5.74) is -0.0238. The maximum Gasteiger partial charge on any atom is 0.0498 e. The third-order valence-electron chi connectivity index (χ3n) is 3.31. The Bertz CT molecular complexity index is 520. The smallest absolute Gasteiger partial charge is 0.0498 e. The van der Waals surface area contributed by atoms with Crippen LogP contribution in [-0.2, 0) is 19.6 Å². The lowest BCUT2D eigenvalue weighted by Gasteiger charge is -2.29. The van der Waals surface area contributed by atoms with Gasteiger partial charge in [-0.1, -0.05) is 6.92 Å². The van der Waals surface area contributed by atoms with Gasteiger partial charge in [-0.3, -0.25) is 14.0 Å². The second kappa shape index (κ2) is 5.32. The molecule has 0 atom stereocenters. The van der Waals surface area contributed by atoms with Crippen molar-refractivity contribution in [2.24, 2.45) is 5.41 Å². The van der Waals surface area contributed by atoms with E-state index in [4.69, 9.17) is 0 Å². The van der Waals surface area contributed by atoms with Crippen molar-refractivity contribution in [3.8, 4) is 0 Å². The summed E-state index contributed by atoms with van der Waals surface area (Å²) in [6.07, 6.45) is 11.4. The van der Waals surface area contributed by atoms with Crippen LogP contribution in [0.5, 0.6) is 0 Å². The lowest BCUT2D eigenvalue weighted by atomic mass is 9.90. The van der Waals surface area contributed by atoms with Crippen LogP contribution in [-0.4, -0.2) is 29.3 Å². The van der Waals surface area contributed by atoms with Gasteiger partial charge in [-0.25, -0.2) is 0 Å². The van der Waals surface area contributed by atoms with Crippen molar-refractivity contribution in [3.05, 3.63) is 55.4 Å². The van der Waals surface area contributed by atoms with Gasteiger partial charge in [-0.15, -0.1) is 0 Å². The number of hydrogen-bond donors (Lipinski definition) is 0. The molecule has 0 aliphatic rings. The van der Waals surface area contributed by atoms with Gasteiger partial charge in [0.2, 0.25) is 0 Å². The van der Waals surface area contributed by atoms with Crippen LogP contribution in [0, 0.1) is 5.41 Å². The van der Waals surface area contributed by atoms with Gasteiger partial charge in [0.1, 0.15) is 0 Å². The number of nitrogens with zero attached hydrogens (tertiary/aromatic N) is 6. The van der Waals surface area contributed by atoms with Gasteiger partial charge >= 0.3 is 0 Å². The van der Waals surface area contributed by atoms with Crippen LogP contribution >= 0.6 is 0 Å². The molecule has 0 spiro atoms. The highest BCUT2D eigenvalue weighted by Gasteiger charge is 2.27. The molecule has 0 radical (unpaired) electrons. The van der Waals surface area contributed by atoms with Crippen molar-refractivity contribution in [2.45, 2.75) is 26.6 Å². The highest BCUT2D eigenvalue weighted by molar-refractivity contribution is 4.86. The third kappa shape index (κ3) is 2.96. The third-order valence-corrected chi connectivity index (χ3v) is 3.31. The van der Waals surface area contributed by atoms with Gasteiger partial charge in [0.05, 0.1) is 0 Å². The Balaban J connectivity index is 1.81. The maximum absolute atomic E-state index is 4.32. The zero-order valence-corrected chi connectivity index (χ0v) is 11.5. The fourth-order valence-corrected chi connectivity index (χ4v) is 2.51. The summed E-state index contributed by atoms with van der Waals surface area (Å²) >= 11 is 0. The van der Waals surface area contributed by atoms with Crippen LogP contribution in [0.4, 0.5) is 0 Å². The molecule has 0 fully saturated rings. The first-order chi connectivity index (χ1) is 9.73. The Labute approximate surface area is 117 Å². The first kappa shape index (κ1) is 12.7. The molecule has 0 N–H and O–H groups in total. The number of hydrogen-bond acceptors (Lipinski definition) is 3. The number of rotatable bonds is 6. The topological polar surface area (TPSA) is 53.5 Å². The van der Waals surface area contributed by atoms with E-state index in [0.29, 0.717) is 0 Å². The molecule has 3 heterocycles. The predicted molar refractivity (Wildman–Crippen MR) is 74.8 cm³/mol. The van der Waals surface area contributed by atoms with Gasteiger partial charge in [-0.2, -0.15) is 15.3 Å². The molecule has 3 aromatic rings. The average Bonchev–Trinajstić information content (AvgIpc) is 3.11. The second-order valence-corrected chi connectivity index (χ2v) is 5.42. The fourth-order valence-electron chi connectivity index (χ4n) is 2.51. The Morgan fingerprint density at radius 2 is 1.05 bits per heavy atom. The minimum absolute atomic E-state index is 0.0238. The molecule has 0 amide bonds. The molecule has 0 aromatic carbocycles. The lowest BCUT2D eigenvalue weighted by molar-refractivity contribution is 0.169. The van der Waals surface area contributed by atoms with Gasteiger partial charge in [-0.05, 0) is 18.2 Å². The molecule has 0 aliphatic heterocycles. The van der Waals surface area contributed by atoms with E-state index >= 15 is 0 Å². The highest BCUT2D eigenvalue weighted by atomic mass is 15.3. The molecular formula is C14H18N6. The SMILES string of the molecule is CC(Cn1cccn1)(Cn1cccn1)Cn1cccn1. The van der Waals surface area contributed by atoms with Crippen molar-refractivity contribution in [2.75, 3.05) is 0 Å². The average molecular weight is 270 g/mol. The Morgan fingerprint density at radius 3 is 1.30 bits per heavy atom. The van der Waals surface area contributed by atoms with Crippen molar-refractivity contribution < 1.29 is 0 Å². The van der Waals surface area contributed by atoms with Crippen molar-refractivity contribution in [1.82, 2.24) is 29.3 Å². The second-order valence-electron chi connectivity index (χ2n) is 5.42. The molecule has 20 heavy (non-hydrogen) atoms. The standard InChI is InChI=1S/C14H18N6/c1-14(11-18-8-2-5-15-18,12-19-9-3-6-16-19)13-20-10-4-7-17-20/h2-10H,11-13H2,1H3. The van der Waals surface area contributed by atoms with Gasteiger partial charge in [0, 0.05) is 62.2 Å². The van der Waals surface area contributed by atoms with Crippen molar-refractivity contribution in [1.29, 1.82) is 0 Å². The number of aromatic nitrogens is 6. The molecule has 0 saturated heterocycles. The molecule has 104 valence electrons. The maximum atomic E-state index is 4.32. The lowest BCUT2D eigenvalue weighted by Crippen LogP contribution is -2.34. The van der Waals surface area contributed by atoms with E-state index in [1.807, 2.05) is 69.4 Å². The minimum atomic E-state index is -0.0238. The molecule has 6 heteroatoms. The fraction of sp³-hybridized carbons (Fsp3) is 0.357. The first-order valence-electron chi connectivity index (χ1n) is 6.66. The van der Waals surface area contributed by atoms with Crippen LogP contribution in [0.3, 0.4) is 0 Å². The summed E-state index contributed by atoms with van der Waals surface area (Å²) in [5, 5.41) is 13.0. The zero-order valence-electron chi connectivity index (χ0n) is 11.5. The highest BCUT2D eigenvalue weighted by Crippen LogP contribution is 2.23. The molecule has 0 saturated carbocycles. The van der Waals surface area contributed by atoms with Crippen LogP contribution in [0.2, 0.25) is 0 Å². The van der Waals surface area contributed by atoms with Gasteiger partial charge in [0.25, 0.3) is 0 Å². The molecule has 6 nitrogen and oxygen atoms in total. The summed E-state index contributed by atoms with van der Waals surface area (Å²) in [4.78, 5) is 0. The van der Waals surface area contributed by atoms with Gasteiger partial charge in [0.15, 0.2) is 0 Å². The summed E-state index contributed by atoms with van der Waals surface area (Å²) in [5.74, 6) is 0. The quantitative estimate of drug-likeness (QED) is 0.685. The Morgan fingerprint density at radius 1 is 0.700 bits per heavy atom. The summed E-state index contributed by atoms with van der Waals surface area (Å²) in [7, 11) is 0. The minimum Gasteiger partial charge on any atom is -0.272 e. The van der Waals surface area contributed by atoms with E-state index in [-0.39, 0.29) is 5.41 Å². The van der Waals surface area contributed by atoms with E-state index in [9.17, 15) is 0 Å². The van der Waals surface area contributed by atoms with Crippen LogP contribution < -0.4 is 0 Å². The molecule has 3 rings (SSSR count). The first-order valence-corrected chi connectivity index (χ1v) is 6.66. The van der Waals surface area contributed by atoms with Crippen molar-refractivity contribution >= 4 is 0 Å². The molecule has 0 unspecified atom stereocenters. The summed E-state index contributed by atoms with van der Waals surface area (Å²) in [6, 6.07) is 5.84. The van der Waals surface area contributed by atoms with E-state index in [0.717, 1.165) is 19.6 Å². The molecule has 3 aromatic heterocycles. The largest absolute Gasteiger partial charge is 0.272 e. The van der Waals surface area contributed by atoms with Gasteiger partial charge < -0.3 is 0 Å². The zero-order chi connectivity index (χ0) is 13.8. The van der Waals surface area contributed by atoms with Crippen LogP contribution in [0.25, 0.3) is 0 Å². The van der Waals surface area contributed by atoms with E-state index < -0.39 is 0 Å². The molecular weight excluding hydrogens is 252 g/mol. The van der Waals surface area contributed by atoms with Crippen molar-refractivity contribution in [3.63, 3.8) is 0 Å². The van der Waals surface area contributed by atoms with E-state index in [1.165, 1.54) is 0 Å². The Hall–Kier alpha value is -2.37. The summed E-state index contributed by atoms with van der Waals surface area (Å²) < 4.78 is 5.90. The van der Waals surface area contributed by atoms with E-state index in [2.05, 4.69) is 22.2 Å². The molecule has 0 bridgehead atoms.